The van der Waals surface area contributed by atoms with Gasteiger partial charge in [0.15, 0.2) is 0 Å². The first-order valence-electron chi connectivity index (χ1n) is 5.55. The van der Waals surface area contributed by atoms with E-state index in [0.717, 1.165) is 10.4 Å². The molecule has 5 heteroatoms. The lowest BCUT2D eigenvalue weighted by molar-refractivity contribution is 0.0526. The second kappa shape index (κ2) is 5.73. The molecule has 94 valence electrons. The number of aromatic nitrogens is 1. The lowest BCUT2D eigenvalue weighted by Gasteiger charge is -1.98. The van der Waals surface area contributed by atoms with Crippen molar-refractivity contribution >= 4 is 17.3 Å². The second-order valence-corrected chi connectivity index (χ2v) is 4.77. The van der Waals surface area contributed by atoms with E-state index in [0.29, 0.717) is 18.0 Å². The third kappa shape index (κ3) is 3.13. The number of carbonyl (C=O) groups is 1. The molecule has 0 fully saturated rings. The third-order valence-corrected chi connectivity index (χ3v) is 3.25. The molecule has 0 amide bonds. The first-order chi connectivity index (χ1) is 8.69. The number of benzene rings is 1. The van der Waals surface area contributed by atoms with E-state index >= 15 is 0 Å². The summed E-state index contributed by atoms with van der Waals surface area (Å²) in [6.07, 6.45) is 2.19. The smallest absolute Gasteiger partial charge is 0.367 e. The maximum Gasteiger partial charge on any atom is 0.367 e. The van der Waals surface area contributed by atoms with Gasteiger partial charge in [-0.05, 0) is 24.6 Å². The van der Waals surface area contributed by atoms with Gasteiger partial charge in [0, 0.05) is 17.5 Å². The molecular formula is C13H12FNO2S. The van der Waals surface area contributed by atoms with Gasteiger partial charge >= 0.3 is 5.97 Å². The van der Waals surface area contributed by atoms with Crippen molar-refractivity contribution in [3.63, 3.8) is 0 Å². The zero-order valence-electron chi connectivity index (χ0n) is 9.85. The molecule has 1 heterocycles. The molecule has 0 atom stereocenters. The minimum absolute atomic E-state index is 0.261. The van der Waals surface area contributed by atoms with Crippen LogP contribution in [-0.2, 0) is 11.2 Å². The molecule has 1 aromatic heterocycles. The third-order valence-electron chi connectivity index (χ3n) is 2.27. The van der Waals surface area contributed by atoms with Gasteiger partial charge in [-0.3, -0.25) is 0 Å². The molecule has 0 aliphatic rings. The summed E-state index contributed by atoms with van der Waals surface area (Å²) in [5.41, 5.74) is 0.856. The minimum Gasteiger partial charge on any atom is -0.461 e. The van der Waals surface area contributed by atoms with Crippen molar-refractivity contribution in [3.8, 4) is 0 Å². The first kappa shape index (κ1) is 12.7. The molecule has 0 aliphatic carbocycles. The van der Waals surface area contributed by atoms with E-state index in [1.807, 2.05) is 6.07 Å². The van der Waals surface area contributed by atoms with Gasteiger partial charge in [-0.15, -0.1) is 11.3 Å². The molecule has 0 radical (unpaired) electrons. The Morgan fingerprint density at radius 2 is 2.33 bits per heavy atom. The molecule has 0 aliphatic heterocycles. The average Bonchev–Trinajstić information content (AvgIpc) is 2.78. The maximum atomic E-state index is 13.0. The van der Waals surface area contributed by atoms with Gasteiger partial charge in [-0.1, -0.05) is 12.1 Å². The molecule has 1 aromatic carbocycles. The largest absolute Gasteiger partial charge is 0.461 e. The van der Waals surface area contributed by atoms with E-state index in [4.69, 9.17) is 4.74 Å². The maximum absolute atomic E-state index is 13.0. The number of hydrogen-bond acceptors (Lipinski definition) is 4. The summed E-state index contributed by atoms with van der Waals surface area (Å²) in [7, 11) is 0. The summed E-state index contributed by atoms with van der Waals surface area (Å²) in [4.78, 5) is 16.3. The van der Waals surface area contributed by atoms with Crippen LogP contribution in [0.3, 0.4) is 0 Å². The summed E-state index contributed by atoms with van der Waals surface area (Å²) in [5, 5.41) is 0.336. The lowest BCUT2D eigenvalue weighted by Crippen LogP contribution is -2.03. The van der Waals surface area contributed by atoms with E-state index in [1.54, 1.807) is 19.2 Å². The predicted octanol–water partition coefficient (Wildman–Crippen LogP) is 3.05. The van der Waals surface area contributed by atoms with Gasteiger partial charge in [0.2, 0.25) is 5.01 Å². The number of halogens is 1. The summed E-state index contributed by atoms with van der Waals surface area (Å²) in [6.45, 7) is 2.08. The fourth-order valence-electron chi connectivity index (χ4n) is 1.52. The van der Waals surface area contributed by atoms with Crippen LogP contribution in [0.15, 0.2) is 30.5 Å². The molecule has 18 heavy (non-hydrogen) atoms. The Labute approximate surface area is 108 Å². The van der Waals surface area contributed by atoms with Crippen molar-refractivity contribution < 1.29 is 13.9 Å². The average molecular weight is 265 g/mol. The number of esters is 1. The quantitative estimate of drug-likeness (QED) is 0.798. The number of rotatable bonds is 4. The molecule has 2 aromatic rings. The minimum atomic E-state index is -0.409. The van der Waals surface area contributed by atoms with E-state index in [-0.39, 0.29) is 5.82 Å². The highest BCUT2D eigenvalue weighted by atomic mass is 32.1. The fraction of sp³-hybridized carbons (Fsp3) is 0.231. The molecule has 0 bridgehead atoms. The first-order valence-corrected chi connectivity index (χ1v) is 6.37. The van der Waals surface area contributed by atoms with Crippen LogP contribution < -0.4 is 0 Å². The standard InChI is InChI=1S/C13H12FNO2S/c1-2-17-13(16)12-15-8-11(18-12)7-9-4-3-5-10(14)6-9/h3-6,8H,2,7H2,1H3. The van der Waals surface area contributed by atoms with Gasteiger partial charge in [-0.2, -0.15) is 0 Å². The van der Waals surface area contributed by atoms with Crippen LogP contribution in [0.25, 0.3) is 0 Å². The molecule has 0 unspecified atom stereocenters. The summed E-state index contributed by atoms with van der Waals surface area (Å²) in [5.74, 6) is -0.671. The van der Waals surface area contributed by atoms with Crippen molar-refractivity contribution in [2.75, 3.05) is 6.61 Å². The fourth-order valence-corrected chi connectivity index (χ4v) is 2.36. The number of carbonyl (C=O) groups excluding carboxylic acids is 1. The highest BCUT2D eigenvalue weighted by Gasteiger charge is 2.12. The van der Waals surface area contributed by atoms with Crippen LogP contribution in [0.2, 0.25) is 0 Å². The molecule has 2 rings (SSSR count). The van der Waals surface area contributed by atoms with Gasteiger partial charge < -0.3 is 4.74 Å². The topological polar surface area (TPSA) is 39.2 Å². The number of thiazole rings is 1. The van der Waals surface area contributed by atoms with Crippen molar-refractivity contribution in [2.45, 2.75) is 13.3 Å². The van der Waals surface area contributed by atoms with Crippen LogP contribution in [0.4, 0.5) is 4.39 Å². The Morgan fingerprint density at radius 1 is 1.50 bits per heavy atom. The predicted molar refractivity (Wildman–Crippen MR) is 67.3 cm³/mol. The zero-order valence-corrected chi connectivity index (χ0v) is 10.7. The molecule has 0 N–H and O–H groups in total. The highest BCUT2D eigenvalue weighted by molar-refractivity contribution is 7.13. The van der Waals surface area contributed by atoms with Gasteiger partial charge in [0.05, 0.1) is 6.61 Å². The van der Waals surface area contributed by atoms with Gasteiger partial charge in [0.1, 0.15) is 5.82 Å². The van der Waals surface area contributed by atoms with E-state index in [9.17, 15) is 9.18 Å². The lowest BCUT2D eigenvalue weighted by atomic mass is 10.1. The van der Waals surface area contributed by atoms with Crippen molar-refractivity contribution in [1.82, 2.24) is 4.98 Å². The van der Waals surface area contributed by atoms with Gasteiger partial charge in [-0.25, -0.2) is 14.2 Å². The molecule has 0 spiro atoms. The Balaban J connectivity index is 2.09. The highest BCUT2D eigenvalue weighted by Crippen LogP contribution is 2.18. The monoisotopic (exact) mass is 265 g/mol. The van der Waals surface area contributed by atoms with Crippen LogP contribution in [0.5, 0.6) is 0 Å². The second-order valence-electron chi connectivity index (χ2n) is 3.66. The number of hydrogen-bond donors (Lipinski definition) is 0. The molecular weight excluding hydrogens is 253 g/mol. The van der Waals surface area contributed by atoms with E-state index in [1.165, 1.54) is 23.5 Å². The Hall–Kier alpha value is -1.75. The van der Waals surface area contributed by atoms with Crippen molar-refractivity contribution in [3.05, 3.63) is 51.7 Å². The SMILES string of the molecule is CCOC(=O)c1ncc(Cc2cccc(F)c2)s1. The Morgan fingerprint density at radius 3 is 3.06 bits per heavy atom. The van der Waals surface area contributed by atoms with Crippen LogP contribution >= 0.6 is 11.3 Å². The van der Waals surface area contributed by atoms with Gasteiger partial charge in [0.25, 0.3) is 0 Å². The van der Waals surface area contributed by atoms with Crippen LogP contribution in [0.1, 0.15) is 27.2 Å². The van der Waals surface area contributed by atoms with Crippen LogP contribution in [-0.4, -0.2) is 17.6 Å². The summed E-state index contributed by atoms with van der Waals surface area (Å²) in [6, 6.07) is 6.38. The number of nitrogens with zero attached hydrogens (tertiary/aromatic N) is 1. The number of ether oxygens (including phenoxy) is 1. The van der Waals surface area contributed by atoms with Crippen molar-refractivity contribution in [1.29, 1.82) is 0 Å². The summed E-state index contributed by atoms with van der Waals surface area (Å²) >= 11 is 1.27. The molecule has 0 saturated carbocycles. The molecule has 3 nitrogen and oxygen atoms in total. The van der Waals surface area contributed by atoms with E-state index < -0.39 is 5.97 Å². The van der Waals surface area contributed by atoms with Crippen LogP contribution in [0, 0.1) is 5.82 Å². The Kier molecular flexibility index (Phi) is 4.04. The zero-order chi connectivity index (χ0) is 13.0. The van der Waals surface area contributed by atoms with Crippen molar-refractivity contribution in [2.24, 2.45) is 0 Å². The summed E-state index contributed by atoms with van der Waals surface area (Å²) < 4.78 is 17.9. The Bertz CT molecular complexity index is 553. The molecule has 0 saturated heterocycles. The normalized spacial score (nSPS) is 10.3. The van der Waals surface area contributed by atoms with E-state index in [2.05, 4.69) is 4.98 Å².